The number of anilines is 2. The zero-order chi connectivity index (χ0) is 24.0. The summed E-state index contributed by atoms with van der Waals surface area (Å²) >= 11 is 3.28. The van der Waals surface area contributed by atoms with Crippen LogP contribution in [0.2, 0.25) is 0 Å². The summed E-state index contributed by atoms with van der Waals surface area (Å²) < 4.78 is 33.6. The van der Waals surface area contributed by atoms with E-state index < -0.39 is 15.9 Å². The van der Waals surface area contributed by atoms with Gasteiger partial charge in [-0.05, 0) is 66.2 Å². The maximum Gasteiger partial charge on any atom is 0.271 e. The van der Waals surface area contributed by atoms with Crippen LogP contribution in [0.1, 0.15) is 15.9 Å². The highest BCUT2D eigenvalue weighted by Gasteiger charge is 2.14. The standard InChI is InChI=1S/C24H23BrN4O4S/c25-20-5-11-23(12-6-20)34(31,32)28-21-7-3-19(4-8-21)24(30)27-26-17-18-1-9-22(10-2-18)29-13-15-33-16-14-29/h1-12,17,28H,13-16H2,(H,27,30)/b26-17-. The summed E-state index contributed by atoms with van der Waals surface area (Å²) in [4.78, 5) is 14.8. The van der Waals surface area contributed by atoms with E-state index in [1.165, 1.54) is 36.4 Å². The fourth-order valence-electron chi connectivity index (χ4n) is 3.34. The smallest absolute Gasteiger partial charge is 0.271 e. The molecule has 0 unspecified atom stereocenters. The molecule has 0 radical (unpaired) electrons. The molecule has 1 saturated heterocycles. The molecule has 34 heavy (non-hydrogen) atoms. The minimum absolute atomic E-state index is 0.143. The molecule has 0 bridgehead atoms. The molecule has 0 saturated carbocycles. The number of nitrogens with zero attached hydrogens (tertiary/aromatic N) is 2. The zero-order valence-electron chi connectivity index (χ0n) is 18.1. The maximum absolute atomic E-state index is 12.5. The molecule has 0 aromatic heterocycles. The van der Waals surface area contributed by atoms with Crippen molar-refractivity contribution in [1.29, 1.82) is 0 Å². The molecule has 1 heterocycles. The minimum Gasteiger partial charge on any atom is -0.378 e. The Morgan fingerprint density at radius 1 is 0.941 bits per heavy atom. The number of hydrogen-bond acceptors (Lipinski definition) is 6. The Kier molecular flexibility index (Phi) is 7.61. The van der Waals surface area contributed by atoms with Crippen LogP contribution in [0.3, 0.4) is 0 Å². The van der Waals surface area contributed by atoms with E-state index in [-0.39, 0.29) is 4.90 Å². The highest BCUT2D eigenvalue weighted by molar-refractivity contribution is 9.10. The van der Waals surface area contributed by atoms with E-state index in [2.05, 4.69) is 36.1 Å². The third kappa shape index (κ3) is 6.22. The summed E-state index contributed by atoms with van der Waals surface area (Å²) in [5.74, 6) is -0.400. The molecule has 3 aromatic carbocycles. The van der Waals surface area contributed by atoms with Crippen LogP contribution in [0.5, 0.6) is 0 Å². The van der Waals surface area contributed by atoms with E-state index in [1.807, 2.05) is 24.3 Å². The van der Waals surface area contributed by atoms with Crippen molar-refractivity contribution >= 4 is 49.4 Å². The molecule has 1 aliphatic rings. The summed E-state index contributed by atoms with van der Waals surface area (Å²) in [7, 11) is -3.72. The number of morpholine rings is 1. The van der Waals surface area contributed by atoms with Crippen molar-refractivity contribution in [3.8, 4) is 0 Å². The molecule has 8 nitrogen and oxygen atoms in total. The van der Waals surface area contributed by atoms with Gasteiger partial charge in [0.1, 0.15) is 0 Å². The number of sulfonamides is 1. The number of rotatable bonds is 7. The Bertz CT molecular complexity index is 1260. The Labute approximate surface area is 206 Å². The van der Waals surface area contributed by atoms with Crippen molar-refractivity contribution in [3.05, 3.63) is 88.4 Å². The molecule has 0 atom stereocenters. The molecule has 0 aliphatic carbocycles. The number of halogens is 1. The van der Waals surface area contributed by atoms with Gasteiger partial charge in [-0.1, -0.05) is 28.1 Å². The normalized spacial score (nSPS) is 14.2. The topological polar surface area (TPSA) is 100 Å². The predicted octanol–water partition coefficient (Wildman–Crippen LogP) is 3.85. The molecule has 10 heteroatoms. The van der Waals surface area contributed by atoms with E-state index >= 15 is 0 Å². The van der Waals surface area contributed by atoms with Gasteiger partial charge in [-0.15, -0.1) is 0 Å². The van der Waals surface area contributed by atoms with Crippen LogP contribution >= 0.6 is 15.9 Å². The van der Waals surface area contributed by atoms with E-state index in [9.17, 15) is 13.2 Å². The van der Waals surface area contributed by atoms with Gasteiger partial charge in [0.2, 0.25) is 0 Å². The monoisotopic (exact) mass is 542 g/mol. The second kappa shape index (κ2) is 10.8. The lowest BCUT2D eigenvalue weighted by atomic mass is 10.2. The van der Waals surface area contributed by atoms with Gasteiger partial charge >= 0.3 is 0 Å². The van der Waals surface area contributed by atoms with Crippen molar-refractivity contribution in [2.75, 3.05) is 35.9 Å². The Morgan fingerprint density at radius 2 is 1.59 bits per heavy atom. The number of hydrazone groups is 1. The lowest BCUT2D eigenvalue weighted by Gasteiger charge is -2.28. The average molecular weight is 543 g/mol. The molecule has 1 aliphatic heterocycles. The van der Waals surface area contributed by atoms with Gasteiger partial charge in [0.15, 0.2) is 0 Å². The third-order valence-corrected chi connectivity index (χ3v) is 7.10. The Balaban J connectivity index is 1.32. The number of benzene rings is 3. The van der Waals surface area contributed by atoms with Crippen LogP contribution < -0.4 is 15.0 Å². The minimum atomic E-state index is -3.72. The fourth-order valence-corrected chi connectivity index (χ4v) is 4.66. The van der Waals surface area contributed by atoms with Gasteiger partial charge < -0.3 is 9.64 Å². The fraction of sp³-hybridized carbons (Fsp3) is 0.167. The number of carbonyl (C=O) groups is 1. The number of ether oxygens (including phenoxy) is 1. The molecule has 2 N–H and O–H groups in total. The van der Waals surface area contributed by atoms with Gasteiger partial charge in [0.05, 0.1) is 24.3 Å². The predicted molar refractivity (Wildman–Crippen MR) is 136 cm³/mol. The molecule has 0 spiro atoms. The lowest BCUT2D eigenvalue weighted by molar-refractivity contribution is 0.0955. The number of nitrogens with one attached hydrogen (secondary N) is 2. The molecule has 176 valence electrons. The number of carbonyl (C=O) groups excluding carboxylic acids is 1. The second-order valence-electron chi connectivity index (χ2n) is 7.53. The van der Waals surface area contributed by atoms with Crippen molar-refractivity contribution in [3.63, 3.8) is 0 Å². The van der Waals surface area contributed by atoms with Gasteiger partial charge in [0.25, 0.3) is 15.9 Å². The molecule has 1 amide bonds. The average Bonchev–Trinajstić information content (AvgIpc) is 2.85. The molecule has 3 aromatic rings. The highest BCUT2D eigenvalue weighted by atomic mass is 79.9. The molecule has 1 fully saturated rings. The first kappa shape index (κ1) is 23.9. The number of amides is 1. The van der Waals surface area contributed by atoms with E-state index in [4.69, 9.17) is 4.74 Å². The summed E-state index contributed by atoms with van der Waals surface area (Å²) in [6.07, 6.45) is 1.57. The van der Waals surface area contributed by atoms with E-state index in [1.54, 1.807) is 18.3 Å². The maximum atomic E-state index is 12.5. The van der Waals surface area contributed by atoms with Gasteiger partial charge in [-0.25, -0.2) is 13.8 Å². The first-order valence-corrected chi connectivity index (χ1v) is 12.8. The quantitative estimate of drug-likeness (QED) is 0.349. The largest absolute Gasteiger partial charge is 0.378 e. The Hall–Kier alpha value is -3.21. The van der Waals surface area contributed by atoms with Gasteiger partial charge in [-0.2, -0.15) is 5.10 Å². The first-order chi connectivity index (χ1) is 16.4. The third-order valence-electron chi connectivity index (χ3n) is 5.17. The van der Waals surface area contributed by atoms with Crippen LogP contribution in [0.15, 0.2) is 87.3 Å². The van der Waals surface area contributed by atoms with Crippen molar-refractivity contribution in [2.45, 2.75) is 4.90 Å². The van der Waals surface area contributed by atoms with Crippen LogP contribution in [0.4, 0.5) is 11.4 Å². The summed E-state index contributed by atoms with van der Waals surface area (Å²) in [6, 6.07) is 20.3. The van der Waals surface area contributed by atoms with Gasteiger partial charge in [-0.3, -0.25) is 9.52 Å². The Morgan fingerprint density at radius 3 is 2.24 bits per heavy atom. The van der Waals surface area contributed by atoms with Gasteiger partial charge in [0, 0.05) is 34.5 Å². The molecule has 4 rings (SSSR count). The summed E-state index contributed by atoms with van der Waals surface area (Å²) in [5.41, 5.74) is 5.17. The lowest BCUT2D eigenvalue weighted by Crippen LogP contribution is -2.36. The summed E-state index contributed by atoms with van der Waals surface area (Å²) in [6.45, 7) is 3.20. The van der Waals surface area contributed by atoms with E-state index in [0.717, 1.165) is 42.0 Å². The van der Waals surface area contributed by atoms with Crippen molar-refractivity contribution in [1.82, 2.24) is 5.43 Å². The SMILES string of the molecule is O=C(N/N=C\c1ccc(N2CCOCC2)cc1)c1ccc(NS(=O)(=O)c2ccc(Br)cc2)cc1. The van der Waals surface area contributed by atoms with Crippen molar-refractivity contribution in [2.24, 2.45) is 5.10 Å². The number of hydrogen-bond donors (Lipinski definition) is 2. The van der Waals surface area contributed by atoms with Crippen LogP contribution in [-0.4, -0.2) is 46.8 Å². The highest BCUT2D eigenvalue weighted by Crippen LogP contribution is 2.19. The van der Waals surface area contributed by atoms with Crippen LogP contribution in [-0.2, 0) is 14.8 Å². The molecular weight excluding hydrogens is 520 g/mol. The molecular formula is C24H23BrN4O4S. The first-order valence-electron chi connectivity index (χ1n) is 10.6. The van der Waals surface area contributed by atoms with Crippen molar-refractivity contribution < 1.29 is 17.9 Å². The van der Waals surface area contributed by atoms with E-state index in [0.29, 0.717) is 11.3 Å². The second-order valence-corrected chi connectivity index (χ2v) is 10.1. The summed E-state index contributed by atoms with van der Waals surface area (Å²) in [5, 5.41) is 4.02. The zero-order valence-corrected chi connectivity index (χ0v) is 20.6. The van der Waals surface area contributed by atoms with Crippen LogP contribution in [0, 0.1) is 0 Å². The van der Waals surface area contributed by atoms with Crippen LogP contribution in [0.25, 0.3) is 0 Å².